The predicted octanol–water partition coefficient (Wildman–Crippen LogP) is 4.08. The van der Waals surface area contributed by atoms with Gasteiger partial charge in [0.1, 0.15) is 10.8 Å². The Morgan fingerprint density at radius 2 is 2.00 bits per heavy atom. The standard InChI is InChI=1S/C18H18ClNO4S/c1-23-18(22)16-11-6-2-5-9-14(11)25-17(16)20-15(21)10-24-13-8-4-3-7-12(13)19/h3-4,7-8H,2,5-6,9-10H2,1H3,(H,20,21). The Morgan fingerprint density at radius 3 is 2.76 bits per heavy atom. The zero-order valence-corrected chi connectivity index (χ0v) is 15.3. The van der Waals surface area contributed by atoms with Gasteiger partial charge in [-0.1, -0.05) is 23.7 Å². The van der Waals surface area contributed by atoms with Crippen molar-refractivity contribution >= 4 is 39.8 Å². The van der Waals surface area contributed by atoms with Crippen molar-refractivity contribution in [1.82, 2.24) is 0 Å². The summed E-state index contributed by atoms with van der Waals surface area (Å²) >= 11 is 7.45. The van der Waals surface area contributed by atoms with E-state index in [0.29, 0.717) is 21.3 Å². The smallest absolute Gasteiger partial charge is 0.341 e. The van der Waals surface area contributed by atoms with Crippen LogP contribution in [0.3, 0.4) is 0 Å². The molecule has 25 heavy (non-hydrogen) atoms. The molecule has 1 heterocycles. The van der Waals surface area contributed by atoms with E-state index in [9.17, 15) is 9.59 Å². The lowest BCUT2D eigenvalue weighted by molar-refractivity contribution is -0.118. The van der Waals surface area contributed by atoms with E-state index in [4.69, 9.17) is 21.1 Å². The van der Waals surface area contributed by atoms with Gasteiger partial charge in [0.15, 0.2) is 6.61 Å². The molecular formula is C18H18ClNO4S. The summed E-state index contributed by atoms with van der Waals surface area (Å²) in [6.07, 6.45) is 3.89. The second-order valence-electron chi connectivity index (χ2n) is 5.67. The number of anilines is 1. The van der Waals surface area contributed by atoms with E-state index in [2.05, 4.69) is 5.32 Å². The molecule has 0 saturated carbocycles. The van der Waals surface area contributed by atoms with E-state index in [0.717, 1.165) is 36.1 Å². The molecule has 0 unspecified atom stereocenters. The number of amides is 1. The first kappa shape index (κ1) is 17.8. The molecule has 1 amide bonds. The summed E-state index contributed by atoms with van der Waals surface area (Å²) in [6.45, 7) is -0.188. The highest BCUT2D eigenvalue weighted by atomic mass is 35.5. The molecule has 0 atom stereocenters. The van der Waals surface area contributed by atoms with Crippen LogP contribution in [-0.4, -0.2) is 25.6 Å². The van der Waals surface area contributed by atoms with Crippen LogP contribution in [0, 0.1) is 0 Å². The highest BCUT2D eigenvalue weighted by Gasteiger charge is 2.26. The van der Waals surface area contributed by atoms with E-state index in [-0.39, 0.29) is 12.5 Å². The van der Waals surface area contributed by atoms with Gasteiger partial charge >= 0.3 is 5.97 Å². The number of ether oxygens (including phenoxy) is 2. The number of esters is 1. The van der Waals surface area contributed by atoms with Gasteiger partial charge in [0.2, 0.25) is 0 Å². The monoisotopic (exact) mass is 379 g/mol. The number of methoxy groups -OCH3 is 1. The van der Waals surface area contributed by atoms with Crippen LogP contribution in [0.25, 0.3) is 0 Å². The van der Waals surface area contributed by atoms with Crippen molar-refractivity contribution in [3.63, 3.8) is 0 Å². The molecule has 1 aliphatic carbocycles. The molecule has 5 nitrogen and oxygen atoms in total. The fourth-order valence-corrected chi connectivity index (χ4v) is 4.32. The first-order valence-electron chi connectivity index (χ1n) is 8.00. The summed E-state index contributed by atoms with van der Waals surface area (Å²) < 4.78 is 10.3. The number of aryl methyl sites for hydroxylation is 1. The highest BCUT2D eigenvalue weighted by Crippen LogP contribution is 2.38. The Bertz CT molecular complexity index is 802. The van der Waals surface area contributed by atoms with Gasteiger partial charge in [0.25, 0.3) is 5.91 Å². The number of carbonyl (C=O) groups is 2. The minimum absolute atomic E-state index is 0.188. The molecule has 7 heteroatoms. The van der Waals surface area contributed by atoms with Crippen molar-refractivity contribution < 1.29 is 19.1 Å². The first-order valence-corrected chi connectivity index (χ1v) is 9.19. The molecule has 132 valence electrons. The van der Waals surface area contributed by atoms with Crippen molar-refractivity contribution in [2.75, 3.05) is 19.0 Å². The predicted molar refractivity (Wildman–Crippen MR) is 97.9 cm³/mol. The summed E-state index contributed by atoms with van der Waals surface area (Å²) in [5.74, 6) is -0.316. The molecule has 2 aromatic rings. The molecule has 0 aliphatic heterocycles. The maximum atomic E-state index is 12.2. The van der Waals surface area contributed by atoms with Crippen LogP contribution >= 0.6 is 22.9 Å². The third kappa shape index (κ3) is 3.96. The second-order valence-corrected chi connectivity index (χ2v) is 7.19. The van der Waals surface area contributed by atoms with Crippen LogP contribution in [0.5, 0.6) is 5.75 Å². The maximum Gasteiger partial charge on any atom is 0.341 e. The fourth-order valence-electron chi connectivity index (χ4n) is 2.84. The zero-order valence-electron chi connectivity index (χ0n) is 13.8. The number of carbonyl (C=O) groups excluding carboxylic acids is 2. The van der Waals surface area contributed by atoms with Gasteiger partial charge in [-0.25, -0.2) is 4.79 Å². The van der Waals surface area contributed by atoms with Gasteiger partial charge in [-0.05, 0) is 43.4 Å². The number of nitrogens with one attached hydrogen (secondary N) is 1. The summed E-state index contributed by atoms with van der Waals surface area (Å²) in [5.41, 5.74) is 1.48. The highest BCUT2D eigenvalue weighted by molar-refractivity contribution is 7.17. The number of hydrogen-bond acceptors (Lipinski definition) is 5. The molecular weight excluding hydrogens is 362 g/mol. The number of halogens is 1. The van der Waals surface area contributed by atoms with Crippen LogP contribution < -0.4 is 10.1 Å². The quantitative estimate of drug-likeness (QED) is 0.795. The lowest BCUT2D eigenvalue weighted by atomic mass is 9.95. The molecule has 0 radical (unpaired) electrons. The molecule has 1 aromatic heterocycles. The first-order chi connectivity index (χ1) is 12.1. The topological polar surface area (TPSA) is 64.6 Å². The Labute approximate surface area is 154 Å². The van der Waals surface area contributed by atoms with Crippen LogP contribution in [-0.2, 0) is 22.4 Å². The second kappa shape index (κ2) is 7.89. The van der Waals surface area contributed by atoms with Crippen molar-refractivity contribution in [2.24, 2.45) is 0 Å². The Hall–Kier alpha value is -2.05. The van der Waals surface area contributed by atoms with Crippen molar-refractivity contribution in [2.45, 2.75) is 25.7 Å². The normalized spacial score (nSPS) is 13.0. The van der Waals surface area contributed by atoms with Gasteiger partial charge < -0.3 is 14.8 Å². The van der Waals surface area contributed by atoms with E-state index in [1.54, 1.807) is 24.3 Å². The third-order valence-electron chi connectivity index (χ3n) is 4.01. The van der Waals surface area contributed by atoms with Crippen molar-refractivity contribution in [3.8, 4) is 5.75 Å². The van der Waals surface area contributed by atoms with Gasteiger partial charge in [-0.3, -0.25) is 4.79 Å². The van der Waals surface area contributed by atoms with Crippen LogP contribution in [0.1, 0.15) is 33.6 Å². The molecule has 1 aromatic carbocycles. The van der Waals surface area contributed by atoms with E-state index >= 15 is 0 Å². The largest absolute Gasteiger partial charge is 0.482 e. The maximum absolute atomic E-state index is 12.2. The molecule has 0 saturated heterocycles. The molecule has 0 spiro atoms. The fraction of sp³-hybridized carbons (Fsp3) is 0.333. The summed E-state index contributed by atoms with van der Waals surface area (Å²) in [5, 5.41) is 3.76. The van der Waals surface area contributed by atoms with E-state index in [1.165, 1.54) is 18.4 Å². The summed E-state index contributed by atoms with van der Waals surface area (Å²) in [4.78, 5) is 25.6. The minimum Gasteiger partial charge on any atom is -0.482 e. The Kier molecular flexibility index (Phi) is 5.60. The van der Waals surface area contributed by atoms with Gasteiger partial charge in [0.05, 0.1) is 17.7 Å². The third-order valence-corrected chi connectivity index (χ3v) is 5.53. The SMILES string of the molecule is COC(=O)c1c(NC(=O)COc2ccccc2Cl)sc2c1CCCC2. The molecule has 3 rings (SSSR count). The Morgan fingerprint density at radius 1 is 1.24 bits per heavy atom. The van der Waals surface area contributed by atoms with Gasteiger partial charge in [0, 0.05) is 4.88 Å². The molecule has 1 N–H and O–H groups in total. The molecule has 0 bridgehead atoms. The minimum atomic E-state index is -0.415. The molecule has 1 aliphatic rings. The van der Waals surface area contributed by atoms with E-state index < -0.39 is 5.97 Å². The number of hydrogen-bond donors (Lipinski definition) is 1. The lowest BCUT2D eigenvalue weighted by Gasteiger charge is -2.12. The molecule has 0 fully saturated rings. The van der Waals surface area contributed by atoms with E-state index in [1.807, 2.05) is 0 Å². The zero-order chi connectivity index (χ0) is 17.8. The van der Waals surface area contributed by atoms with Gasteiger partial charge in [-0.2, -0.15) is 0 Å². The number of rotatable bonds is 5. The number of fused-ring (bicyclic) bond motifs is 1. The average molecular weight is 380 g/mol. The van der Waals surface area contributed by atoms with Crippen molar-refractivity contribution in [1.29, 1.82) is 0 Å². The number of para-hydroxylation sites is 1. The average Bonchev–Trinajstić information content (AvgIpc) is 2.98. The van der Waals surface area contributed by atoms with Crippen LogP contribution in [0.2, 0.25) is 5.02 Å². The number of benzene rings is 1. The Balaban J connectivity index is 1.73. The van der Waals surface area contributed by atoms with Crippen LogP contribution in [0.15, 0.2) is 24.3 Å². The van der Waals surface area contributed by atoms with Crippen molar-refractivity contribution in [3.05, 3.63) is 45.3 Å². The summed E-state index contributed by atoms with van der Waals surface area (Å²) in [7, 11) is 1.35. The van der Waals surface area contributed by atoms with Crippen LogP contribution in [0.4, 0.5) is 5.00 Å². The number of thiophene rings is 1. The van der Waals surface area contributed by atoms with Gasteiger partial charge in [-0.15, -0.1) is 11.3 Å². The summed E-state index contributed by atoms with van der Waals surface area (Å²) in [6, 6.07) is 6.95. The lowest BCUT2D eigenvalue weighted by Crippen LogP contribution is -2.21.